The lowest BCUT2D eigenvalue weighted by Crippen LogP contribution is -2.42. The molecule has 1 heterocycles. The average molecular weight is 282 g/mol. The molecule has 1 saturated heterocycles. The average Bonchev–Trinajstić information content (AvgIpc) is 2.84. The van der Waals surface area contributed by atoms with Crippen LogP contribution in [0.3, 0.4) is 0 Å². The number of primary amides is 1. The second-order valence-electron chi connectivity index (χ2n) is 4.79. The van der Waals surface area contributed by atoms with E-state index < -0.39 is 5.82 Å². The van der Waals surface area contributed by atoms with Crippen molar-refractivity contribution < 1.29 is 18.7 Å². The van der Waals surface area contributed by atoms with Crippen LogP contribution in [0.1, 0.15) is 6.42 Å². The molecule has 0 radical (unpaired) electrons. The lowest BCUT2D eigenvalue weighted by Gasteiger charge is -2.21. The lowest BCUT2D eigenvalue weighted by molar-refractivity contribution is -0.122. The second-order valence-corrected chi connectivity index (χ2v) is 4.79. The smallest absolute Gasteiger partial charge is 0.234 e. The minimum absolute atomic E-state index is 0.000890. The number of carbonyl (C=O) groups excluding carboxylic acids is 1. The fourth-order valence-electron chi connectivity index (χ4n) is 2.41. The summed E-state index contributed by atoms with van der Waals surface area (Å²) in [5, 5.41) is 0. The SMILES string of the molecule is CO[C@H]1C[C@@H](C(N)=O)N(CCOc2ccccc2F)C1. The van der Waals surface area contributed by atoms with Crippen molar-refractivity contribution in [2.45, 2.75) is 18.6 Å². The molecule has 2 rings (SSSR count). The molecule has 5 nitrogen and oxygen atoms in total. The zero-order valence-electron chi connectivity index (χ0n) is 11.4. The van der Waals surface area contributed by atoms with Gasteiger partial charge in [0.1, 0.15) is 6.61 Å². The highest BCUT2D eigenvalue weighted by Crippen LogP contribution is 2.20. The first-order valence-electron chi connectivity index (χ1n) is 6.55. The first kappa shape index (κ1) is 14.7. The number of halogens is 1. The highest BCUT2D eigenvalue weighted by atomic mass is 19.1. The summed E-state index contributed by atoms with van der Waals surface area (Å²) in [6, 6.07) is 5.89. The van der Waals surface area contributed by atoms with Crippen LogP contribution >= 0.6 is 0 Å². The van der Waals surface area contributed by atoms with Crippen LogP contribution in [-0.4, -0.2) is 49.8 Å². The zero-order valence-corrected chi connectivity index (χ0v) is 11.4. The molecule has 110 valence electrons. The Kier molecular flexibility index (Phi) is 4.92. The van der Waals surface area contributed by atoms with Gasteiger partial charge in [-0.3, -0.25) is 9.69 Å². The Labute approximate surface area is 117 Å². The van der Waals surface area contributed by atoms with Gasteiger partial charge < -0.3 is 15.2 Å². The Morgan fingerprint density at radius 3 is 2.90 bits per heavy atom. The van der Waals surface area contributed by atoms with Crippen LogP contribution in [-0.2, 0) is 9.53 Å². The van der Waals surface area contributed by atoms with E-state index in [0.29, 0.717) is 26.1 Å². The lowest BCUT2D eigenvalue weighted by atomic mass is 10.2. The van der Waals surface area contributed by atoms with Crippen LogP contribution in [0.2, 0.25) is 0 Å². The van der Waals surface area contributed by atoms with Crippen LogP contribution in [0, 0.1) is 5.82 Å². The number of methoxy groups -OCH3 is 1. The molecule has 6 heteroatoms. The van der Waals surface area contributed by atoms with Gasteiger partial charge >= 0.3 is 0 Å². The Hall–Kier alpha value is -1.66. The van der Waals surface area contributed by atoms with E-state index in [2.05, 4.69) is 0 Å². The summed E-state index contributed by atoms with van der Waals surface area (Å²) < 4.78 is 24.0. The van der Waals surface area contributed by atoms with Crippen LogP contribution in [0.5, 0.6) is 5.75 Å². The van der Waals surface area contributed by atoms with Gasteiger partial charge in [0.25, 0.3) is 0 Å². The number of hydrogen-bond donors (Lipinski definition) is 1. The molecule has 1 aliphatic rings. The van der Waals surface area contributed by atoms with E-state index in [1.807, 2.05) is 4.90 Å². The first-order chi connectivity index (χ1) is 9.61. The predicted octanol–water partition coefficient (Wildman–Crippen LogP) is 0.779. The van der Waals surface area contributed by atoms with Gasteiger partial charge in [-0.1, -0.05) is 12.1 Å². The number of benzene rings is 1. The summed E-state index contributed by atoms with van der Waals surface area (Å²) in [4.78, 5) is 13.3. The molecule has 0 spiro atoms. The molecule has 1 fully saturated rings. The van der Waals surface area contributed by atoms with Crippen molar-refractivity contribution >= 4 is 5.91 Å². The third-order valence-corrected chi connectivity index (χ3v) is 3.50. The maximum Gasteiger partial charge on any atom is 0.234 e. The molecule has 0 bridgehead atoms. The molecule has 0 unspecified atom stereocenters. The van der Waals surface area contributed by atoms with Gasteiger partial charge in [-0.2, -0.15) is 0 Å². The van der Waals surface area contributed by atoms with E-state index in [0.717, 1.165) is 0 Å². The van der Waals surface area contributed by atoms with E-state index in [-0.39, 0.29) is 23.8 Å². The highest BCUT2D eigenvalue weighted by molar-refractivity contribution is 5.80. The normalized spacial score (nSPS) is 22.9. The Morgan fingerprint density at radius 2 is 2.25 bits per heavy atom. The summed E-state index contributed by atoms with van der Waals surface area (Å²) in [5.41, 5.74) is 5.38. The summed E-state index contributed by atoms with van der Waals surface area (Å²) >= 11 is 0. The third kappa shape index (κ3) is 3.46. The van der Waals surface area contributed by atoms with Crippen molar-refractivity contribution in [2.75, 3.05) is 26.8 Å². The van der Waals surface area contributed by atoms with Gasteiger partial charge in [0.15, 0.2) is 11.6 Å². The number of hydrogen-bond acceptors (Lipinski definition) is 4. The summed E-state index contributed by atoms with van der Waals surface area (Å²) in [7, 11) is 1.61. The summed E-state index contributed by atoms with van der Waals surface area (Å²) in [6.45, 7) is 1.42. The number of amides is 1. The Balaban J connectivity index is 1.86. The van der Waals surface area contributed by atoms with E-state index in [4.69, 9.17) is 15.2 Å². The molecule has 0 saturated carbocycles. The molecular formula is C14H19FN2O3. The van der Waals surface area contributed by atoms with E-state index >= 15 is 0 Å². The van der Waals surface area contributed by atoms with Crippen molar-refractivity contribution in [1.29, 1.82) is 0 Å². The van der Waals surface area contributed by atoms with Gasteiger partial charge in [0, 0.05) is 20.2 Å². The first-order valence-corrected chi connectivity index (χ1v) is 6.55. The number of nitrogens with zero attached hydrogens (tertiary/aromatic N) is 1. The van der Waals surface area contributed by atoms with Gasteiger partial charge in [-0.05, 0) is 18.6 Å². The van der Waals surface area contributed by atoms with Crippen molar-refractivity contribution in [3.63, 3.8) is 0 Å². The quantitative estimate of drug-likeness (QED) is 0.837. The number of nitrogens with two attached hydrogens (primary N) is 1. The number of likely N-dealkylation sites (tertiary alicyclic amines) is 1. The van der Waals surface area contributed by atoms with Gasteiger partial charge in [-0.25, -0.2) is 4.39 Å². The van der Waals surface area contributed by atoms with Gasteiger partial charge in [-0.15, -0.1) is 0 Å². The zero-order chi connectivity index (χ0) is 14.5. The van der Waals surface area contributed by atoms with Crippen molar-refractivity contribution in [3.8, 4) is 5.75 Å². The van der Waals surface area contributed by atoms with Crippen molar-refractivity contribution in [2.24, 2.45) is 5.73 Å². The minimum Gasteiger partial charge on any atom is -0.489 e. The Bertz CT molecular complexity index is 469. The van der Waals surface area contributed by atoms with Crippen LogP contribution in [0.4, 0.5) is 4.39 Å². The molecule has 0 aliphatic carbocycles. The molecular weight excluding hydrogens is 263 g/mol. The van der Waals surface area contributed by atoms with Crippen LogP contribution in [0.25, 0.3) is 0 Å². The predicted molar refractivity (Wildman–Crippen MR) is 71.9 cm³/mol. The number of para-hydroxylation sites is 1. The maximum atomic E-state index is 13.4. The minimum atomic E-state index is -0.393. The molecule has 1 aliphatic heterocycles. The standard InChI is InChI=1S/C14H19FN2O3/c1-19-10-8-12(14(16)18)17(9-10)6-7-20-13-5-3-2-4-11(13)15/h2-5,10,12H,6-9H2,1H3,(H2,16,18)/t10-,12-/m0/s1. The van der Waals surface area contributed by atoms with Gasteiger partial charge in [0.2, 0.25) is 5.91 Å². The molecule has 1 aromatic rings. The van der Waals surface area contributed by atoms with Gasteiger partial charge in [0.05, 0.1) is 12.1 Å². The fraction of sp³-hybridized carbons (Fsp3) is 0.500. The molecule has 1 aromatic carbocycles. The molecule has 2 N–H and O–H groups in total. The summed E-state index contributed by atoms with van der Waals surface area (Å²) in [5.74, 6) is -0.545. The van der Waals surface area contributed by atoms with E-state index in [9.17, 15) is 9.18 Å². The Morgan fingerprint density at radius 1 is 1.50 bits per heavy atom. The van der Waals surface area contributed by atoms with Crippen molar-refractivity contribution in [1.82, 2.24) is 4.90 Å². The largest absolute Gasteiger partial charge is 0.489 e. The topological polar surface area (TPSA) is 64.8 Å². The fourth-order valence-corrected chi connectivity index (χ4v) is 2.41. The molecule has 0 aromatic heterocycles. The van der Waals surface area contributed by atoms with Crippen LogP contribution < -0.4 is 10.5 Å². The van der Waals surface area contributed by atoms with Crippen molar-refractivity contribution in [3.05, 3.63) is 30.1 Å². The molecule has 2 atom stereocenters. The maximum absolute atomic E-state index is 13.4. The summed E-state index contributed by atoms with van der Waals surface area (Å²) in [6.07, 6.45) is 0.590. The number of carbonyl (C=O) groups is 1. The van der Waals surface area contributed by atoms with Crippen LogP contribution in [0.15, 0.2) is 24.3 Å². The second kappa shape index (κ2) is 6.67. The highest BCUT2D eigenvalue weighted by Gasteiger charge is 2.35. The van der Waals surface area contributed by atoms with E-state index in [1.54, 1.807) is 25.3 Å². The monoisotopic (exact) mass is 282 g/mol. The number of rotatable bonds is 6. The molecule has 1 amide bonds. The number of ether oxygens (including phenoxy) is 2. The third-order valence-electron chi connectivity index (χ3n) is 3.50. The van der Waals surface area contributed by atoms with E-state index in [1.165, 1.54) is 6.07 Å². The molecule has 20 heavy (non-hydrogen) atoms.